The van der Waals surface area contributed by atoms with Crippen LogP contribution in [0.5, 0.6) is 0 Å². The molecule has 2 atom stereocenters. The Balaban J connectivity index is 2.50. The number of halogens is 1. The molecule has 1 heterocycles. The number of hydrogen-bond donors (Lipinski definition) is 1. The Morgan fingerprint density at radius 3 is 2.75 bits per heavy atom. The van der Waals surface area contributed by atoms with Crippen LogP contribution in [0.15, 0.2) is 0 Å². The first-order valence-electron chi connectivity index (χ1n) is 4.01. The molecule has 3 nitrogen and oxygen atoms in total. The van der Waals surface area contributed by atoms with E-state index in [0.717, 1.165) is 6.26 Å². The summed E-state index contributed by atoms with van der Waals surface area (Å²) in [5, 5.41) is 2.98. The average molecular weight is 195 g/mol. The van der Waals surface area contributed by atoms with Crippen LogP contribution in [-0.4, -0.2) is 39.7 Å². The van der Waals surface area contributed by atoms with Crippen LogP contribution >= 0.6 is 0 Å². The molecule has 0 saturated carbocycles. The molecule has 0 radical (unpaired) electrons. The molecule has 1 rings (SSSR count). The number of alkyl halides is 1. The molecule has 72 valence electrons. The number of nitrogens with one attached hydrogen (secondary N) is 1. The Kier molecular flexibility index (Phi) is 3.06. The number of sulfone groups is 1. The topological polar surface area (TPSA) is 46.2 Å². The van der Waals surface area contributed by atoms with Gasteiger partial charge in [0, 0.05) is 18.7 Å². The summed E-state index contributed by atoms with van der Waals surface area (Å²) in [5.41, 5.74) is 0. The average Bonchev–Trinajstić information content (AvgIpc) is 1.91. The molecule has 0 bridgehead atoms. The predicted octanol–water partition coefficient (Wildman–Crippen LogP) is -0.0214. The minimum absolute atomic E-state index is 0.0405. The molecular weight excluding hydrogens is 181 g/mol. The summed E-state index contributed by atoms with van der Waals surface area (Å²) in [5.74, 6) is -0.394. The highest BCUT2D eigenvalue weighted by Crippen LogP contribution is 2.16. The summed E-state index contributed by atoms with van der Waals surface area (Å²) in [6.45, 7) is 1.13. The van der Waals surface area contributed by atoms with E-state index in [2.05, 4.69) is 5.32 Å². The molecule has 2 unspecified atom stereocenters. The Morgan fingerprint density at radius 2 is 2.25 bits per heavy atom. The molecule has 0 aromatic heterocycles. The van der Waals surface area contributed by atoms with E-state index in [9.17, 15) is 12.8 Å². The van der Waals surface area contributed by atoms with Gasteiger partial charge in [-0.25, -0.2) is 12.8 Å². The second kappa shape index (κ2) is 3.70. The normalized spacial score (nSPS) is 31.8. The molecular formula is C7H14FNO2S. The molecule has 1 N–H and O–H groups in total. The molecule has 1 aliphatic heterocycles. The maximum Gasteiger partial charge on any atom is 0.147 e. The zero-order chi connectivity index (χ0) is 9.19. The molecule has 12 heavy (non-hydrogen) atoms. The first-order chi connectivity index (χ1) is 5.49. The molecule has 1 aliphatic rings. The van der Waals surface area contributed by atoms with Crippen molar-refractivity contribution >= 4 is 9.84 Å². The quantitative estimate of drug-likeness (QED) is 0.673. The van der Waals surface area contributed by atoms with Gasteiger partial charge in [-0.15, -0.1) is 0 Å². The third kappa shape index (κ3) is 3.06. The zero-order valence-corrected chi connectivity index (χ0v) is 7.90. The molecule has 0 aromatic carbocycles. The van der Waals surface area contributed by atoms with Crippen LogP contribution in [0.4, 0.5) is 4.39 Å². The van der Waals surface area contributed by atoms with Gasteiger partial charge in [-0.2, -0.15) is 0 Å². The minimum Gasteiger partial charge on any atom is -0.316 e. The first kappa shape index (κ1) is 9.92. The molecule has 5 heteroatoms. The fourth-order valence-electron chi connectivity index (χ4n) is 1.44. The van der Waals surface area contributed by atoms with Gasteiger partial charge in [0.15, 0.2) is 0 Å². The monoisotopic (exact) mass is 195 g/mol. The Hall–Kier alpha value is -0.160. The first-order valence-corrected chi connectivity index (χ1v) is 6.07. The zero-order valence-electron chi connectivity index (χ0n) is 7.09. The Morgan fingerprint density at radius 1 is 1.58 bits per heavy atom. The summed E-state index contributed by atoms with van der Waals surface area (Å²) in [7, 11) is -3.04. The third-order valence-corrected chi connectivity index (χ3v) is 3.07. The lowest BCUT2D eigenvalue weighted by molar-refractivity contribution is 0.193. The number of hydrogen-bond acceptors (Lipinski definition) is 3. The Bertz CT molecular complexity index is 240. The van der Waals surface area contributed by atoms with E-state index in [0.29, 0.717) is 19.5 Å². The van der Waals surface area contributed by atoms with Crippen molar-refractivity contribution in [3.63, 3.8) is 0 Å². The lowest BCUT2D eigenvalue weighted by atomic mass is 10.00. The van der Waals surface area contributed by atoms with Gasteiger partial charge in [0.25, 0.3) is 0 Å². The van der Waals surface area contributed by atoms with Gasteiger partial charge in [-0.05, 0) is 13.0 Å². The van der Waals surface area contributed by atoms with E-state index in [1.165, 1.54) is 0 Å². The summed E-state index contributed by atoms with van der Waals surface area (Å²) in [6.07, 6.45) is 0.620. The summed E-state index contributed by atoms with van der Waals surface area (Å²) in [6, 6.07) is 0. The van der Waals surface area contributed by atoms with Crippen LogP contribution in [0.1, 0.15) is 6.42 Å². The predicted molar refractivity (Wildman–Crippen MR) is 45.6 cm³/mol. The van der Waals surface area contributed by atoms with Crippen LogP contribution in [0.25, 0.3) is 0 Å². The van der Waals surface area contributed by atoms with Crippen LogP contribution in [0, 0.1) is 5.92 Å². The molecule has 1 fully saturated rings. The third-order valence-electron chi connectivity index (χ3n) is 2.03. The second-order valence-corrected chi connectivity index (χ2v) is 5.55. The fourth-order valence-corrected chi connectivity index (χ4v) is 2.55. The molecule has 0 aromatic rings. The van der Waals surface area contributed by atoms with Crippen molar-refractivity contribution in [2.75, 3.05) is 25.1 Å². The van der Waals surface area contributed by atoms with Crippen LogP contribution in [-0.2, 0) is 9.84 Å². The lowest BCUT2D eigenvalue weighted by Gasteiger charge is -2.25. The SMILES string of the molecule is CS(=O)(=O)CC1CNCCC1F. The van der Waals surface area contributed by atoms with Gasteiger partial charge in [0.2, 0.25) is 0 Å². The molecule has 0 aliphatic carbocycles. The summed E-state index contributed by atoms with van der Waals surface area (Å²) in [4.78, 5) is 0. The maximum atomic E-state index is 13.1. The second-order valence-electron chi connectivity index (χ2n) is 3.36. The highest BCUT2D eigenvalue weighted by Gasteiger charge is 2.27. The lowest BCUT2D eigenvalue weighted by Crippen LogP contribution is -2.41. The van der Waals surface area contributed by atoms with Gasteiger partial charge < -0.3 is 5.32 Å². The van der Waals surface area contributed by atoms with E-state index in [4.69, 9.17) is 0 Å². The van der Waals surface area contributed by atoms with Crippen molar-refractivity contribution in [1.29, 1.82) is 0 Å². The van der Waals surface area contributed by atoms with Crippen molar-refractivity contribution < 1.29 is 12.8 Å². The van der Waals surface area contributed by atoms with Crippen LogP contribution in [0.2, 0.25) is 0 Å². The number of piperidine rings is 1. The number of rotatable bonds is 2. The van der Waals surface area contributed by atoms with Gasteiger partial charge >= 0.3 is 0 Å². The molecule has 0 amide bonds. The van der Waals surface area contributed by atoms with Gasteiger partial charge in [0.05, 0.1) is 5.75 Å². The smallest absolute Gasteiger partial charge is 0.147 e. The minimum atomic E-state index is -3.04. The largest absolute Gasteiger partial charge is 0.316 e. The van der Waals surface area contributed by atoms with Crippen molar-refractivity contribution in [2.45, 2.75) is 12.6 Å². The highest BCUT2D eigenvalue weighted by atomic mass is 32.2. The summed E-state index contributed by atoms with van der Waals surface area (Å²) < 4.78 is 34.8. The maximum absolute atomic E-state index is 13.1. The van der Waals surface area contributed by atoms with Crippen molar-refractivity contribution in [1.82, 2.24) is 5.32 Å². The summed E-state index contributed by atoms with van der Waals surface area (Å²) >= 11 is 0. The fraction of sp³-hybridized carbons (Fsp3) is 1.00. The van der Waals surface area contributed by atoms with E-state index < -0.39 is 16.0 Å². The van der Waals surface area contributed by atoms with Crippen molar-refractivity contribution in [3.05, 3.63) is 0 Å². The van der Waals surface area contributed by atoms with E-state index in [1.54, 1.807) is 0 Å². The Labute approximate surface area is 72.3 Å². The standard InChI is InChI=1S/C7H14FNO2S/c1-12(10,11)5-6-4-9-3-2-7(6)8/h6-7,9H,2-5H2,1H3. The van der Waals surface area contributed by atoms with E-state index in [-0.39, 0.29) is 11.7 Å². The van der Waals surface area contributed by atoms with Crippen molar-refractivity contribution in [3.8, 4) is 0 Å². The molecule has 1 saturated heterocycles. The van der Waals surface area contributed by atoms with Crippen molar-refractivity contribution in [2.24, 2.45) is 5.92 Å². The van der Waals surface area contributed by atoms with Crippen LogP contribution < -0.4 is 5.32 Å². The van der Waals surface area contributed by atoms with Gasteiger partial charge in [-0.1, -0.05) is 0 Å². The highest BCUT2D eigenvalue weighted by molar-refractivity contribution is 7.90. The van der Waals surface area contributed by atoms with E-state index >= 15 is 0 Å². The van der Waals surface area contributed by atoms with Gasteiger partial charge in [-0.3, -0.25) is 0 Å². The molecule has 0 spiro atoms. The van der Waals surface area contributed by atoms with Gasteiger partial charge in [0.1, 0.15) is 16.0 Å². The van der Waals surface area contributed by atoms with Crippen LogP contribution in [0.3, 0.4) is 0 Å². The van der Waals surface area contributed by atoms with E-state index in [1.807, 2.05) is 0 Å².